The Kier molecular flexibility index (Phi) is 5.66. The number of pyridine rings is 1. The van der Waals surface area contributed by atoms with Crippen LogP contribution in [0.3, 0.4) is 0 Å². The van der Waals surface area contributed by atoms with E-state index in [9.17, 15) is 8.42 Å². The monoisotopic (exact) mass is 429 g/mol. The zero-order valence-electron chi connectivity index (χ0n) is 17.0. The molecule has 0 amide bonds. The molecule has 1 aromatic heterocycles. The molecule has 0 radical (unpaired) electrons. The van der Waals surface area contributed by atoms with E-state index in [0.29, 0.717) is 48.7 Å². The Balaban J connectivity index is 1.54. The molecular formula is C21H27N5O3S. The standard InChI is InChI=1S/C21H27N5O3S/c1-30(27,28)26-10-2-9-25(11-12-26)20-13-15(7-8-24-20)21(23)18-14-17(5-6-19(18)22)29-16-3-4-16/h5-8,13-14,16,23H,2-4,9-12,22H2,1H3. The number of anilines is 2. The van der Waals surface area contributed by atoms with Crippen LogP contribution in [-0.2, 0) is 10.0 Å². The highest BCUT2D eigenvalue weighted by molar-refractivity contribution is 7.88. The zero-order valence-corrected chi connectivity index (χ0v) is 17.9. The SMILES string of the molecule is CS(=O)(=O)N1CCCN(c2cc(C(=N)c3cc(OC4CC4)ccc3N)ccn2)CC1. The van der Waals surface area contributed by atoms with Crippen LogP contribution in [0.4, 0.5) is 11.5 Å². The maximum atomic E-state index is 11.9. The molecule has 2 aromatic rings. The summed E-state index contributed by atoms with van der Waals surface area (Å²) in [4.78, 5) is 6.53. The number of benzene rings is 1. The molecule has 0 bridgehead atoms. The topological polar surface area (TPSA) is 113 Å². The van der Waals surface area contributed by atoms with E-state index >= 15 is 0 Å². The molecule has 4 rings (SSSR count). The highest BCUT2D eigenvalue weighted by atomic mass is 32.2. The first-order valence-corrected chi connectivity index (χ1v) is 12.0. The Morgan fingerprint density at radius 3 is 2.70 bits per heavy atom. The summed E-state index contributed by atoms with van der Waals surface area (Å²) in [6, 6.07) is 9.10. The van der Waals surface area contributed by atoms with Crippen molar-refractivity contribution in [2.75, 3.05) is 43.1 Å². The van der Waals surface area contributed by atoms with Crippen molar-refractivity contribution in [2.24, 2.45) is 0 Å². The first-order valence-electron chi connectivity index (χ1n) is 10.1. The van der Waals surface area contributed by atoms with Crippen LogP contribution in [0.15, 0.2) is 36.5 Å². The fraction of sp³-hybridized carbons (Fsp3) is 0.429. The lowest BCUT2D eigenvalue weighted by Crippen LogP contribution is -2.34. The van der Waals surface area contributed by atoms with Crippen molar-refractivity contribution in [3.63, 3.8) is 0 Å². The van der Waals surface area contributed by atoms with Crippen LogP contribution in [0.25, 0.3) is 0 Å². The van der Waals surface area contributed by atoms with Gasteiger partial charge in [-0.05, 0) is 49.6 Å². The Morgan fingerprint density at radius 2 is 1.97 bits per heavy atom. The van der Waals surface area contributed by atoms with Gasteiger partial charge in [-0.2, -0.15) is 0 Å². The van der Waals surface area contributed by atoms with E-state index in [1.165, 1.54) is 10.6 Å². The number of rotatable bonds is 6. The van der Waals surface area contributed by atoms with Crippen LogP contribution < -0.4 is 15.4 Å². The normalized spacial score (nSPS) is 18.1. The van der Waals surface area contributed by atoms with Gasteiger partial charge in [0.05, 0.1) is 18.1 Å². The van der Waals surface area contributed by atoms with E-state index in [2.05, 4.69) is 9.88 Å². The Bertz CT molecular complexity index is 1050. The molecule has 2 heterocycles. The van der Waals surface area contributed by atoms with Crippen LogP contribution in [-0.4, -0.2) is 62.0 Å². The van der Waals surface area contributed by atoms with Crippen molar-refractivity contribution < 1.29 is 13.2 Å². The minimum Gasteiger partial charge on any atom is -0.490 e. The molecule has 1 aliphatic carbocycles. The van der Waals surface area contributed by atoms with Crippen LogP contribution >= 0.6 is 0 Å². The lowest BCUT2D eigenvalue weighted by Gasteiger charge is -2.22. The molecule has 3 N–H and O–H groups in total. The van der Waals surface area contributed by atoms with Gasteiger partial charge in [0.25, 0.3) is 0 Å². The Hall–Kier alpha value is -2.65. The van der Waals surface area contributed by atoms with Crippen LogP contribution in [0.2, 0.25) is 0 Å². The minimum atomic E-state index is -3.20. The molecule has 1 aliphatic heterocycles. The predicted octanol–water partition coefficient (Wildman–Crippen LogP) is 2.09. The van der Waals surface area contributed by atoms with E-state index < -0.39 is 10.0 Å². The first kappa shape index (κ1) is 20.6. The highest BCUT2D eigenvalue weighted by Gasteiger charge is 2.24. The molecule has 9 heteroatoms. The summed E-state index contributed by atoms with van der Waals surface area (Å²) >= 11 is 0. The zero-order chi connectivity index (χ0) is 21.3. The predicted molar refractivity (Wildman–Crippen MR) is 118 cm³/mol. The molecule has 1 saturated carbocycles. The lowest BCUT2D eigenvalue weighted by molar-refractivity contribution is 0.303. The number of hydrogen-bond donors (Lipinski definition) is 2. The van der Waals surface area contributed by atoms with E-state index in [-0.39, 0.29) is 6.10 Å². The Labute approximate surface area is 177 Å². The van der Waals surface area contributed by atoms with E-state index in [0.717, 1.165) is 30.8 Å². The fourth-order valence-electron chi connectivity index (χ4n) is 3.56. The van der Waals surface area contributed by atoms with Gasteiger partial charge in [-0.15, -0.1) is 0 Å². The molecule has 0 spiro atoms. The second-order valence-electron chi connectivity index (χ2n) is 7.85. The number of nitrogens with zero attached hydrogens (tertiary/aromatic N) is 3. The number of sulfonamides is 1. The summed E-state index contributed by atoms with van der Waals surface area (Å²) < 4.78 is 31.1. The lowest BCUT2D eigenvalue weighted by atomic mass is 10.0. The third-order valence-electron chi connectivity index (χ3n) is 5.40. The number of aromatic nitrogens is 1. The van der Waals surface area contributed by atoms with Gasteiger partial charge < -0.3 is 15.4 Å². The van der Waals surface area contributed by atoms with Crippen molar-refractivity contribution in [3.05, 3.63) is 47.7 Å². The summed E-state index contributed by atoms with van der Waals surface area (Å²) in [5.41, 5.74) is 8.32. The number of nitrogens with one attached hydrogen (secondary N) is 1. The van der Waals surface area contributed by atoms with E-state index in [1.54, 1.807) is 18.3 Å². The number of nitrogen functional groups attached to an aromatic ring is 1. The van der Waals surface area contributed by atoms with Crippen LogP contribution in [0, 0.1) is 5.41 Å². The third kappa shape index (κ3) is 4.73. The number of nitrogens with two attached hydrogens (primary N) is 1. The summed E-state index contributed by atoms with van der Waals surface area (Å²) in [5, 5.41) is 8.70. The molecule has 160 valence electrons. The highest BCUT2D eigenvalue weighted by Crippen LogP contribution is 2.30. The molecule has 0 atom stereocenters. The summed E-state index contributed by atoms with van der Waals surface area (Å²) in [6.07, 6.45) is 6.06. The number of hydrogen-bond acceptors (Lipinski definition) is 7. The molecule has 30 heavy (non-hydrogen) atoms. The second kappa shape index (κ2) is 8.23. The maximum absolute atomic E-state index is 11.9. The fourth-order valence-corrected chi connectivity index (χ4v) is 4.43. The van der Waals surface area contributed by atoms with Crippen LogP contribution in [0.5, 0.6) is 5.75 Å². The van der Waals surface area contributed by atoms with Gasteiger partial charge in [-0.1, -0.05) is 0 Å². The smallest absolute Gasteiger partial charge is 0.211 e. The van der Waals surface area contributed by atoms with Gasteiger partial charge in [0.2, 0.25) is 10.0 Å². The largest absolute Gasteiger partial charge is 0.490 e. The van der Waals surface area contributed by atoms with Gasteiger partial charge in [0, 0.05) is 49.2 Å². The second-order valence-corrected chi connectivity index (χ2v) is 9.83. The Morgan fingerprint density at radius 1 is 1.17 bits per heavy atom. The third-order valence-corrected chi connectivity index (χ3v) is 6.71. The average molecular weight is 430 g/mol. The summed E-state index contributed by atoms with van der Waals surface area (Å²) in [5.74, 6) is 1.46. The van der Waals surface area contributed by atoms with Gasteiger partial charge in [-0.3, -0.25) is 5.41 Å². The molecule has 2 fully saturated rings. The van der Waals surface area contributed by atoms with E-state index in [4.69, 9.17) is 15.9 Å². The van der Waals surface area contributed by atoms with Gasteiger partial charge in [-0.25, -0.2) is 17.7 Å². The molecular weight excluding hydrogens is 402 g/mol. The van der Waals surface area contributed by atoms with Crippen molar-refractivity contribution in [3.8, 4) is 5.75 Å². The minimum absolute atomic E-state index is 0.276. The summed E-state index contributed by atoms with van der Waals surface area (Å²) in [7, 11) is -3.20. The molecule has 8 nitrogen and oxygen atoms in total. The van der Waals surface area contributed by atoms with E-state index in [1.807, 2.05) is 18.2 Å². The van der Waals surface area contributed by atoms with Crippen molar-refractivity contribution in [1.82, 2.24) is 9.29 Å². The average Bonchev–Trinajstić information content (AvgIpc) is 3.55. The molecule has 0 unspecified atom stereocenters. The van der Waals surface area contributed by atoms with Gasteiger partial charge in [0.1, 0.15) is 11.6 Å². The molecule has 1 saturated heterocycles. The number of ether oxygens (including phenoxy) is 1. The van der Waals surface area contributed by atoms with Crippen molar-refractivity contribution in [1.29, 1.82) is 5.41 Å². The van der Waals surface area contributed by atoms with Gasteiger partial charge >= 0.3 is 0 Å². The molecule has 2 aliphatic rings. The molecule has 1 aromatic carbocycles. The van der Waals surface area contributed by atoms with Crippen LogP contribution in [0.1, 0.15) is 30.4 Å². The first-order chi connectivity index (χ1) is 14.3. The van der Waals surface area contributed by atoms with Gasteiger partial charge in [0.15, 0.2) is 0 Å². The maximum Gasteiger partial charge on any atom is 0.211 e. The summed E-state index contributed by atoms with van der Waals surface area (Å²) in [6.45, 7) is 2.21. The van der Waals surface area contributed by atoms with Crippen molar-refractivity contribution >= 4 is 27.2 Å². The quantitative estimate of drug-likeness (QED) is 0.537. The van der Waals surface area contributed by atoms with Crippen molar-refractivity contribution in [2.45, 2.75) is 25.4 Å².